The number of hydrogen-bond donors (Lipinski definition) is 5. The number of benzene rings is 1. The van der Waals surface area contributed by atoms with Gasteiger partial charge in [0.1, 0.15) is 22.8 Å². The number of aliphatic hydroxyl groups excluding tert-OH is 2. The Bertz CT molecular complexity index is 1170. The van der Waals surface area contributed by atoms with Crippen LogP contribution in [0.15, 0.2) is 29.0 Å². The molecule has 0 heterocycles. The van der Waals surface area contributed by atoms with Crippen molar-refractivity contribution < 1.29 is 34.8 Å². The molecule has 4 atom stereocenters. The highest BCUT2D eigenvalue weighted by Gasteiger charge is 2.64. The molecule has 0 radical (unpaired) electrons. The minimum absolute atomic E-state index is 0. The molecule has 9 nitrogen and oxygen atoms in total. The number of primary amides is 1. The fourth-order valence-corrected chi connectivity index (χ4v) is 5.89. The second-order valence-corrected chi connectivity index (χ2v) is 9.67. The minimum atomic E-state index is -2.58. The number of carbonyl (C=O) groups excluding carboxylic acids is 3. The molecule has 10 heteroatoms. The van der Waals surface area contributed by atoms with Crippen LogP contribution in [0.4, 0.5) is 5.69 Å². The van der Waals surface area contributed by atoms with Gasteiger partial charge in [0.15, 0.2) is 11.4 Å². The summed E-state index contributed by atoms with van der Waals surface area (Å²) in [5.74, 6) is -7.55. The zero-order valence-corrected chi connectivity index (χ0v) is 20.1. The summed E-state index contributed by atoms with van der Waals surface area (Å²) in [5.41, 5.74) is 3.30. The van der Waals surface area contributed by atoms with E-state index in [0.717, 1.165) is 5.69 Å². The van der Waals surface area contributed by atoms with Crippen LogP contribution in [0.2, 0.25) is 0 Å². The number of nitrogens with zero attached hydrogens (tertiary/aromatic N) is 1. The number of anilines is 1. The maximum atomic E-state index is 13.7. The summed E-state index contributed by atoms with van der Waals surface area (Å²) in [4.78, 5) is 40.6. The lowest BCUT2D eigenvalue weighted by atomic mass is 9.54. The summed E-state index contributed by atoms with van der Waals surface area (Å²) in [5, 5.41) is 44.0. The Morgan fingerprint density at radius 3 is 2.32 bits per heavy atom. The number of phenolic OH excluding ortho intramolecular Hbond substituents is 1. The molecule has 1 saturated carbocycles. The second kappa shape index (κ2) is 8.32. The van der Waals surface area contributed by atoms with Crippen LogP contribution in [0.25, 0.3) is 5.76 Å². The lowest BCUT2D eigenvalue weighted by Crippen LogP contribution is -2.62. The van der Waals surface area contributed by atoms with E-state index in [0.29, 0.717) is 5.56 Å². The number of fused-ring (bicyclic) bond motifs is 3. The second-order valence-electron chi connectivity index (χ2n) is 9.67. The van der Waals surface area contributed by atoms with Crippen LogP contribution in [0.1, 0.15) is 31.4 Å². The molecule has 1 aromatic carbocycles. The van der Waals surface area contributed by atoms with Crippen molar-refractivity contribution in [2.24, 2.45) is 29.4 Å². The summed E-state index contributed by atoms with van der Waals surface area (Å²) in [6, 6.07) is 3.12. The number of aromatic hydroxyl groups is 1. The van der Waals surface area contributed by atoms with Crippen LogP contribution in [-0.4, -0.2) is 57.6 Å². The number of hydrogen-bond acceptors (Lipinski definition) is 8. The number of rotatable bonds is 3. The Hall–Kier alpha value is -3.04. The van der Waals surface area contributed by atoms with E-state index in [2.05, 4.69) is 0 Å². The lowest BCUT2D eigenvalue weighted by molar-refractivity contribution is -0.155. The van der Waals surface area contributed by atoms with Crippen molar-refractivity contribution >= 4 is 41.3 Å². The molecule has 184 valence electrons. The first-order valence-corrected chi connectivity index (χ1v) is 10.8. The third kappa shape index (κ3) is 3.21. The molecule has 34 heavy (non-hydrogen) atoms. The third-order valence-electron chi connectivity index (χ3n) is 7.31. The van der Waals surface area contributed by atoms with Crippen molar-refractivity contribution in [3.05, 3.63) is 40.2 Å². The van der Waals surface area contributed by atoms with Gasteiger partial charge in [-0.15, -0.1) is 12.4 Å². The molecule has 1 amide bonds. The summed E-state index contributed by atoms with van der Waals surface area (Å²) in [6.45, 7) is 3.46. The Balaban J connectivity index is 0.00000324. The van der Waals surface area contributed by atoms with Gasteiger partial charge in [0, 0.05) is 37.2 Å². The van der Waals surface area contributed by atoms with Crippen molar-refractivity contribution in [3.8, 4) is 5.75 Å². The number of amides is 1. The Morgan fingerprint density at radius 1 is 1.18 bits per heavy atom. The number of halogens is 1. The number of nitrogens with two attached hydrogens (primary N) is 1. The number of phenols is 1. The van der Waals surface area contributed by atoms with Crippen LogP contribution in [0.5, 0.6) is 5.75 Å². The average molecular weight is 493 g/mol. The van der Waals surface area contributed by atoms with E-state index in [4.69, 9.17) is 5.73 Å². The molecular weight excluding hydrogens is 464 g/mol. The molecule has 6 N–H and O–H groups in total. The van der Waals surface area contributed by atoms with E-state index in [9.17, 15) is 34.8 Å². The van der Waals surface area contributed by atoms with Gasteiger partial charge in [0.25, 0.3) is 5.91 Å². The van der Waals surface area contributed by atoms with Crippen LogP contribution in [0.3, 0.4) is 0 Å². The molecule has 3 aliphatic rings. The highest BCUT2D eigenvalue weighted by atomic mass is 35.5. The summed E-state index contributed by atoms with van der Waals surface area (Å²) < 4.78 is 0. The molecule has 0 bridgehead atoms. The normalized spacial score (nSPS) is 28.2. The smallest absolute Gasteiger partial charge is 0.255 e. The Morgan fingerprint density at radius 2 is 1.79 bits per heavy atom. The fourth-order valence-electron chi connectivity index (χ4n) is 5.89. The van der Waals surface area contributed by atoms with Gasteiger partial charge in [-0.1, -0.05) is 13.8 Å². The van der Waals surface area contributed by atoms with E-state index in [1.54, 1.807) is 19.9 Å². The van der Waals surface area contributed by atoms with Gasteiger partial charge < -0.3 is 31.1 Å². The molecule has 1 aromatic rings. The highest BCUT2D eigenvalue weighted by molar-refractivity contribution is 6.23. The summed E-state index contributed by atoms with van der Waals surface area (Å²) >= 11 is 0. The van der Waals surface area contributed by atoms with Gasteiger partial charge in [-0.2, -0.15) is 0 Å². The van der Waals surface area contributed by atoms with Crippen LogP contribution >= 0.6 is 12.4 Å². The van der Waals surface area contributed by atoms with Crippen molar-refractivity contribution in [3.63, 3.8) is 0 Å². The number of ketones is 2. The van der Waals surface area contributed by atoms with Gasteiger partial charge in [-0.25, -0.2) is 0 Å². The molecule has 1 fully saturated rings. The van der Waals surface area contributed by atoms with Gasteiger partial charge >= 0.3 is 0 Å². The maximum Gasteiger partial charge on any atom is 0.255 e. The van der Waals surface area contributed by atoms with Gasteiger partial charge in [-0.3, -0.25) is 14.4 Å². The van der Waals surface area contributed by atoms with E-state index in [1.807, 2.05) is 19.0 Å². The van der Waals surface area contributed by atoms with E-state index < -0.39 is 57.9 Å². The monoisotopic (exact) mass is 492 g/mol. The fraction of sp³-hybridized carbons (Fsp3) is 0.458. The number of carbonyl (C=O) groups is 3. The lowest BCUT2D eigenvalue weighted by Gasteiger charge is -2.50. The van der Waals surface area contributed by atoms with Gasteiger partial charge in [-0.05, 0) is 42.4 Å². The molecule has 3 aliphatic carbocycles. The zero-order chi connectivity index (χ0) is 24.6. The third-order valence-corrected chi connectivity index (χ3v) is 7.31. The Kier molecular flexibility index (Phi) is 6.26. The molecule has 0 aliphatic heterocycles. The molecule has 0 saturated heterocycles. The molecule has 0 unspecified atom stereocenters. The standard InChI is InChI=1S/C24H28N2O7.ClH/c1-9(2)15-12-8-10-7-11-13(26(3)4)5-6-14(27)17(11)20(29)16(10)21(30)24(12,33)22(31)18(19(15)28)23(25)32;/h5-6,9-10,12,15,27,29,31,33H,7-8H2,1-4H3,(H2,25,32);1H/t10-,12-,15-,24-;/m0./s1. The largest absolute Gasteiger partial charge is 0.508 e. The van der Waals surface area contributed by atoms with Crippen molar-refractivity contribution in [2.75, 3.05) is 19.0 Å². The van der Waals surface area contributed by atoms with Gasteiger partial charge in [0.05, 0.1) is 5.56 Å². The predicted octanol–water partition coefficient (Wildman–Crippen LogP) is 1.79. The molecular formula is C24H29ClN2O7. The first kappa shape index (κ1) is 25.6. The number of Topliss-reactive ketones (excluding diaryl/α,β-unsaturated/α-hetero) is 2. The first-order valence-electron chi connectivity index (χ1n) is 10.8. The van der Waals surface area contributed by atoms with E-state index in [-0.39, 0.29) is 48.1 Å². The van der Waals surface area contributed by atoms with Crippen molar-refractivity contribution in [1.29, 1.82) is 0 Å². The minimum Gasteiger partial charge on any atom is -0.508 e. The Labute approximate surface area is 203 Å². The molecule has 4 rings (SSSR count). The first-order chi connectivity index (χ1) is 15.3. The van der Waals surface area contributed by atoms with Crippen LogP contribution in [0, 0.1) is 23.7 Å². The molecule has 0 spiro atoms. The van der Waals surface area contributed by atoms with Crippen molar-refractivity contribution in [2.45, 2.75) is 32.3 Å². The maximum absolute atomic E-state index is 13.7. The average Bonchev–Trinajstić information content (AvgIpc) is 2.70. The van der Waals surface area contributed by atoms with Crippen LogP contribution in [-0.2, 0) is 20.8 Å². The van der Waals surface area contributed by atoms with Crippen LogP contribution < -0.4 is 10.6 Å². The van der Waals surface area contributed by atoms with E-state index >= 15 is 0 Å². The predicted molar refractivity (Wildman–Crippen MR) is 127 cm³/mol. The quantitative estimate of drug-likeness (QED) is 0.399. The summed E-state index contributed by atoms with van der Waals surface area (Å²) in [7, 11) is 3.63. The zero-order valence-electron chi connectivity index (χ0n) is 19.3. The van der Waals surface area contributed by atoms with Crippen molar-refractivity contribution in [1.82, 2.24) is 0 Å². The van der Waals surface area contributed by atoms with Gasteiger partial charge in [0.2, 0.25) is 5.78 Å². The molecule has 0 aromatic heterocycles. The van der Waals surface area contributed by atoms with E-state index in [1.165, 1.54) is 6.07 Å². The summed E-state index contributed by atoms with van der Waals surface area (Å²) in [6.07, 6.45) is 0.384. The number of aliphatic hydroxyl groups is 3. The SMILES string of the molecule is CC(C)[C@@H]1C(=O)C(C(N)=O)=C(O)[C@@]2(O)C(=O)C3=C(O)c4c(O)ccc(N(C)C)c4C[C@H]3C[C@@H]12.Cl. The highest BCUT2D eigenvalue weighted by Crippen LogP contribution is 2.55. The topological polar surface area (TPSA) is 161 Å².